The summed E-state index contributed by atoms with van der Waals surface area (Å²) in [6, 6.07) is 15.4. The van der Waals surface area contributed by atoms with Crippen LogP contribution in [0.1, 0.15) is 18.5 Å². The molecular weight excluding hydrogens is 573 g/mol. The van der Waals surface area contributed by atoms with Gasteiger partial charge in [-0.2, -0.15) is 5.10 Å². The van der Waals surface area contributed by atoms with Crippen LogP contribution in [0.25, 0.3) is 22.2 Å². The van der Waals surface area contributed by atoms with Crippen molar-refractivity contribution in [2.24, 2.45) is 0 Å². The number of para-hydroxylation sites is 1. The molecule has 0 fully saturated rings. The second-order valence-electron chi connectivity index (χ2n) is 8.13. The molecule has 4 rings (SSSR count). The van der Waals surface area contributed by atoms with E-state index in [1.807, 2.05) is 36.4 Å². The van der Waals surface area contributed by atoms with Gasteiger partial charge in [-0.05, 0) is 82.4 Å². The van der Waals surface area contributed by atoms with Crippen molar-refractivity contribution in [1.29, 1.82) is 0 Å². The summed E-state index contributed by atoms with van der Waals surface area (Å²) in [5, 5.41) is 4.42. The lowest BCUT2D eigenvalue weighted by atomic mass is 10.0. The van der Waals surface area contributed by atoms with Crippen LogP contribution in [0.2, 0.25) is 0 Å². The summed E-state index contributed by atoms with van der Waals surface area (Å²) in [6.07, 6.45) is -2.29. The highest BCUT2D eigenvalue weighted by atomic mass is 79.9. The van der Waals surface area contributed by atoms with Crippen LogP contribution in [0.4, 0.5) is 18.9 Å². The first-order valence-electron chi connectivity index (χ1n) is 11.0. The van der Waals surface area contributed by atoms with Gasteiger partial charge in [-0.25, -0.2) is 17.7 Å². The van der Waals surface area contributed by atoms with Crippen molar-refractivity contribution in [1.82, 2.24) is 14.3 Å². The van der Waals surface area contributed by atoms with E-state index in [0.717, 1.165) is 56.6 Å². The minimum atomic E-state index is -4.86. The number of nitrogens with one attached hydrogen (secondary N) is 1. The van der Waals surface area contributed by atoms with Crippen molar-refractivity contribution in [3.63, 3.8) is 0 Å². The predicted octanol–water partition coefficient (Wildman–Crippen LogP) is 6.02. The Hall–Kier alpha value is -3.35. The molecule has 0 unspecified atom stereocenters. The lowest BCUT2D eigenvalue weighted by Crippen LogP contribution is -2.25. The number of ether oxygens (including phenoxy) is 1. The molecule has 37 heavy (non-hydrogen) atoms. The highest BCUT2D eigenvalue weighted by Crippen LogP contribution is 2.33. The summed E-state index contributed by atoms with van der Waals surface area (Å²) in [6.45, 7) is 4.28. The normalized spacial score (nSPS) is 12.1. The number of nitrogens with zero attached hydrogens (tertiary/aromatic N) is 2. The van der Waals surface area contributed by atoms with Crippen molar-refractivity contribution in [2.75, 3.05) is 12.3 Å². The van der Waals surface area contributed by atoms with Crippen LogP contribution in [0.3, 0.4) is 0 Å². The molecule has 2 heterocycles. The highest BCUT2D eigenvalue weighted by molar-refractivity contribution is 9.10. The molecule has 3 N–H and O–H groups in total. The Kier molecular flexibility index (Phi) is 7.62. The fourth-order valence-corrected chi connectivity index (χ4v) is 5.21. The number of hydrogen-bond acceptors (Lipinski definition) is 5. The molecule has 194 valence electrons. The van der Waals surface area contributed by atoms with Crippen molar-refractivity contribution in [2.45, 2.75) is 24.1 Å². The predicted molar refractivity (Wildman–Crippen MR) is 139 cm³/mol. The van der Waals surface area contributed by atoms with E-state index in [9.17, 15) is 21.6 Å². The van der Waals surface area contributed by atoms with E-state index in [-0.39, 0.29) is 11.4 Å². The van der Waals surface area contributed by atoms with E-state index in [2.05, 4.69) is 37.1 Å². The minimum absolute atomic E-state index is 0.0967. The van der Waals surface area contributed by atoms with Crippen LogP contribution in [-0.2, 0) is 10.0 Å². The number of pyridine rings is 1. The van der Waals surface area contributed by atoms with Crippen LogP contribution >= 0.6 is 15.9 Å². The number of nitrogens with two attached hydrogens (primary N) is 1. The van der Waals surface area contributed by atoms with E-state index in [0.29, 0.717) is 18.5 Å². The third kappa shape index (κ3) is 6.32. The number of aromatic nitrogens is 2. The molecule has 0 aliphatic carbocycles. The largest absolute Gasteiger partial charge is 0.573 e. The average molecular weight is 595 g/mol. The minimum Gasteiger partial charge on any atom is -0.406 e. The molecule has 0 aliphatic rings. The highest BCUT2D eigenvalue weighted by Gasteiger charge is 2.31. The summed E-state index contributed by atoms with van der Waals surface area (Å²) in [5.41, 5.74) is 10.9. The molecule has 0 bridgehead atoms. The first-order chi connectivity index (χ1) is 17.4. The molecule has 2 aromatic carbocycles. The number of benzene rings is 2. The number of anilines is 1. The fraction of sp³-hybridized carbons (Fsp3) is 0.160. The Morgan fingerprint density at radius 2 is 1.84 bits per heavy atom. The van der Waals surface area contributed by atoms with Crippen LogP contribution in [0.15, 0.2) is 82.8 Å². The maximum atomic E-state index is 12.5. The molecule has 7 nitrogen and oxygen atoms in total. The monoisotopic (exact) mass is 594 g/mol. The number of rotatable bonds is 9. The summed E-state index contributed by atoms with van der Waals surface area (Å²) in [5.74, 6) is -0.501. The summed E-state index contributed by atoms with van der Waals surface area (Å²) < 4.78 is 70.8. The fourth-order valence-electron chi connectivity index (χ4n) is 3.76. The topological polar surface area (TPSA) is 98.7 Å². The number of sulfonamides is 1. The van der Waals surface area contributed by atoms with Gasteiger partial charge in [0.25, 0.3) is 0 Å². The van der Waals surface area contributed by atoms with Gasteiger partial charge in [-0.15, -0.1) is 13.2 Å². The van der Waals surface area contributed by atoms with Crippen molar-refractivity contribution < 1.29 is 26.3 Å². The average Bonchev–Trinajstić information content (AvgIpc) is 3.21. The van der Waals surface area contributed by atoms with Crippen LogP contribution < -0.4 is 15.2 Å². The van der Waals surface area contributed by atoms with Crippen molar-refractivity contribution >= 4 is 42.7 Å². The molecule has 0 amide bonds. The van der Waals surface area contributed by atoms with Gasteiger partial charge < -0.3 is 10.5 Å². The molecule has 0 spiro atoms. The summed E-state index contributed by atoms with van der Waals surface area (Å²) in [7, 11) is -3.92. The zero-order valence-electron chi connectivity index (χ0n) is 19.3. The lowest BCUT2D eigenvalue weighted by molar-refractivity contribution is -0.274. The molecule has 0 radical (unpaired) electrons. The Balaban J connectivity index is 1.44. The first-order valence-corrected chi connectivity index (χ1v) is 13.3. The molecule has 0 saturated carbocycles. The van der Waals surface area contributed by atoms with Crippen molar-refractivity contribution in [3.05, 3.63) is 83.6 Å². The number of hydrogen-bond donors (Lipinski definition) is 2. The quantitative estimate of drug-likeness (QED) is 0.182. The number of nitrogen functional groups attached to an aromatic ring is 1. The molecule has 0 atom stereocenters. The standard InChI is InChI=1S/C25H22BrF3N4O3S/c1-16(5-4-12-32-37(34,35)19-10-8-18(9-11-19)36-25(27,28)29)23-13-17(20-6-2-3-7-22(20)30)14-24-21(26)15-31-33(23)24/h2-3,6-11,13-15,32H,1,4-5,12,30H2. The summed E-state index contributed by atoms with van der Waals surface area (Å²) in [4.78, 5) is -0.169. The third-order valence-electron chi connectivity index (χ3n) is 5.52. The number of alkyl halides is 3. The Morgan fingerprint density at radius 3 is 2.51 bits per heavy atom. The second-order valence-corrected chi connectivity index (χ2v) is 10.8. The zero-order chi connectivity index (χ0) is 26.8. The molecular formula is C25H22BrF3N4O3S. The van der Waals surface area contributed by atoms with E-state index >= 15 is 0 Å². The Morgan fingerprint density at radius 1 is 1.14 bits per heavy atom. The van der Waals surface area contributed by atoms with Gasteiger partial charge in [0.15, 0.2) is 0 Å². The lowest BCUT2D eigenvalue weighted by Gasteiger charge is -2.13. The first kappa shape index (κ1) is 26.7. The molecule has 12 heteroatoms. The molecule has 0 aliphatic heterocycles. The van der Waals surface area contributed by atoms with E-state index < -0.39 is 22.1 Å². The van der Waals surface area contributed by atoms with Gasteiger partial charge >= 0.3 is 6.36 Å². The van der Waals surface area contributed by atoms with Crippen LogP contribution in [0.5, 0.6) is 5.75 Å². The maximum absolute atomic E-state index is 12.5. The molecule has 2 aromatic heterocycles. The molecule has 0 saturated heterocycles. The van der Waals surface area contributed by atoms with E-state index in [1.54, 1.807) is 10.7 Å². The van der Waals surface area contributed by atoms with Gasteiger partial charge in [-0.3, -0.25) is 0 Å². The Bertz CT molecular complexity index is 1550. The SMILES string of the molecule is C=C(CCCNS(=O)(=O)c1ccc(OC(F)(F)F)cc1)c1cc(-c2ccccc2N)cc2c(Br)cnn12. The van der Waals surface area contributed by atoms with Crippen LogP contribution in [0, 0.1) is 0 Å². The Labute approximate surface area is 219 Å². The van der Waals surface area contributed by atoms with Gasteiger partial charge in [0.2, 0.25) is 10.0 Å². The van der Waals surface area contributed by atoms with Gasteiger partial charge in [0.1, 0.15) is 5.75 Å². The van der Waals surface area contributed by atoms with E-state index in [1.165, 1.54) is 0 Å². The van der Waals surface area contributed by atoms with Crippen LogP contribution in [-0.4, -0.2) is 30.9 Å². The van der Waals surface area contributed by atoms with E-state index in [4.69, 9.17) is 5.73 Å². The van der Waals surface area contributed by atoms with Gasteiger partial charge in [0.05, 0.1) is 26.8 Å². The number of allylic oxidation sites excluding steroid dienone is 1. The smallest absolute Gasteiger partial charge is 0.406 e. The van der Waals surface area contributed by atoms with Crippen molar-refractivity contribution in [3.8, 4) is 16.9 Å². The second kappa shape index (κ2) is 10.6. The van der Waals surface area contributed by atoms with Gasteiger partial charge in [0, 0.05) is 17.8 Å². The molecule has 4 aromatic rings. The number of halogens is 4. The zero-order valence-corrected chi connectivity index (χ0v) is 21.7. The van der Waals surface area contributed by atoms with Gasteiger partial charge in [-0.1, -0.05) is 24.8 Å². The summed E-state index contributed by atoms with van der Waals surface area (Å²) >= 11 is 3.52. The number of fused-ring (bicyclic) bond motifs is 1. The third-order valence-corrected chi connectivity index (χ3v) is 7.61. The maximum Gasteiger partial charge on any atom is 0.573 e.